The third kappa shape index (κ3) is 4.55. The van der Waals surface area contributed by atoms with Gasteiger partial charge in [0.1, 0.15) is 11.6 Å². The van der Waals surface area contributed by atoms with E-state index in [1.54, 1.807) is 30.5 Å². The summed E-state index contributed by atoms with van der Waals surface area (Å²) in [5.74, 6) is -2.62. The molecule has 0 amide bonds. The van der Waals surface area contributed by atoms with Gasteiger partial charge in [-0.25, -0.2) is 22.2 Å². The van der Waals surface area contributed by atoms with Crippen LogP contribution >= 0.6 is 0 Å². The molecule has 0 aliphatic heterocycles. The quantitative estimate of drug-likeness (QED) is 0.596. The minimum Gasteiger partial charge on any atom is -0.474 e. The van der Waals surface area contributed by atoms with Crippen LogP contribution in [-0.2, 0) is 15.6 Å². The van der Waals surface area contributed by atoms with Gasteiger partial charge >= 0.3 is 0 Å². The third-order valence-electron chi connectivity index (χ3n) is 5.83. The molecule has 1 fully saturated rings. The summed E-state index contributed by atoms with van der Waals surface area (Å²) in [5.41, 5.74) is 2.55. The van der Waals surface area contributed by atoms with Crippen molar-refractivity contribution in [1.29, 1.82) is 0 Å². The van der Waals surface area contributed by atoms with Crippen molar-refractivity contribution in [2.75, 3.05) is 5.75 Å². The molecule has 0 unspecified atom stereocenters. The molecule has 3 heterocycles. The molecule has 10 heteroatoms. The molecule has 0 spiro atoms. The Hall–Kier alpha value is -2.75. The van der Waals surface area contributed by atoms with Crippen LogP contribution in [0.4, 0.5) is 8.78 Å². The van der Waals surface area contributed by atoms with Crippen LogP contribution in [0.25, 0.3) is 16.8 Å². The number of nitrogens with one attached hydrogen (secondary N) is 1. The van der Waals surface area contributed by atoms with Crippen LogP contribution in [0, 0.1) is 6.92 Å². The van der Waals surface area contributed by atoms with E-state index in [0.717, 1.165) is 5.56 Å². The first kappa shape index (κ1) is 22.4. The highest BCUT2D eigenvalue weighted by Crippen LogP contribution is 2.37. The summed E-state index contributed by atoms with van der Waals surface area (Å²) >= 11 is 0. The van der Waals surface area contributed by atoms with Crippen LogP contribution < -0.4 is 10.3 Å². The third-order valence-corrected chi connectivity index (χ3v) is 7.49. The van der Waals surface area contributed by atoms with E-state index in [1.165, 1.54) is 12.4 Å². The Bertz CT molecular complexity index is 1300. The summed E-state index contributed by atoms with van der Waals surface area (Å²) in [7, 11) is -3.29. The standard InChI is InChI=1S/C22H25F2N3O4S/c1-3-32(29,30)13-15-11-17(18-10-14(2)19-20(28)25-8-9-27(18)19)21(26-12-15)31-16-4-6-22(23,24)7-5-16/h8-12,16H,3-7,13H2,1-2H3,(H,25,28). The molecule has 0 atom stereocenters. The van der Waals surface area contributed by atoms with Crippen molar-refractivity contribution >= 4 is 15.4 Å². The molecule has 3 aromatic heterocycles. The number of sulfone groups is 1. The van der Waals surface area contributed by atoms with Crippen molar-refractivity contribution in [1.82, 2.24) is 14.4 Å². The predicted molar refractivity (Wildman–Crippen MR) is 117 cm³/mol. The van der Waals surface area contributed by atoms with Crippen LogP contribution in [0.3, 0.4) is 0 Å². The number of aromatic amines is 1. The zero-order chi connectivity index (χ0) is 23.1. The van der Waals surface area contributed by atoms with Crippen molar-refractivity contribution in [2.45, 2.75) is 57.3 Å². The number of hydrogen-bond donors (Lipinski definition) is 1. The second kappa shape index (κ2) is 8.31. The lowest BCUT2D eigenvalue weighted by atomic mass is 9.94. The van der Waals surface area contributed by atoms with E-state index in [0.29, 0.717) is 22.3 Å². The van der Waals surface area contributed by atoms with Crippen molar-refractivity contribution in [3.05, 3.63) is 52.2 Å². The second-order valence-corrected chi connectivity index (χ2v) is 10.6. The molecule has 0 saturated heterocycles. The van der Waals surface area contributed by atoms with E-state index in [2.05, 4.69) is 9.97 Å². The molecule has 4 rings (SSSR count). The Balaban J connectivity index is 1.79. The number of nitrogens with zero attached hydrogens (tertiary/aromatic N) is 2. The number of fused-ring (bicyclic) bond motifs is 1. The highest BCUT2D eigenvalue weighted by atomic mass is 32.2. The molecule has 172 valence electrons. The number of alkyl halides is 2. The van der Waals surface area contributed by atoms with Crippen LogP contribution in [0.1, 0.15) is 43.7 Å². The maximum absolute atomic E-state index is 13.6. The minimum atomic E-state index is -3.29. The summed E-state index contributed by atoms with van der Waals surface area (Å²) in [6, 6.07) is 3.50. The summed E-state index contributed by atoms with van der Waals surface area (Å²) in [6.45, 7) is 3.38. The molecule has 0 bridgehead atoms. The van der Waals surface area contributed by atoms with Gasteiger partial charge in [0.05, 0.1) is 17.0 Å². The van der Waals surface area contributed by atoms with E-state index < -0.39 is 21.9 Å². The van der Waals surface area contributed by atoms with Gasteiger partial charge < -0.3 is 14.1 Å². The smallest absolute Gasteiger partial charge is 0.272 e. The first-order chi connectivity index (χ1) is 15.1. The van der Waals surface area contributed by atoms with E-state index in [4.69, 9.17) is 4.74 Å². The molecule has 32 heavy (non-hydrogen) atoms. The van der Waals surface area contributed by atoms with E-state index in [9.17, 15) is 22.0 Å². The van der Waals surface area contributed by atoms with Crippen molar-refractivity contribution in [3.8, 4) is 17.1 Å². The van der Waals surface area contributed by atoms with E-state index in [1.807, 2.05) is 6.07 Å². The summed E-state index contributed by atoms with van der Waals surface area (Å²) in [4.78, 5) is 19.3. The fraction of sp³-hybridized carbons (Fsp3) is 0.455. The molecule has 1 saturated carbocycles. The Morgan fingerprint density at radius 3 is 2.69 bits per heavy atom. The summed E-state index contributed by atoms with van der Waals surface area (Å²) < 4.78 is 59.2. The fourth-order valence-electron chi connectivity index (χ4n) is 4.06. The number of aromatic nitrogens is 3. The van der Waals surface area contributed by atoms with Crippen molar-refractivity contribution < 1.29 is 21.9 Å². The Morgan fingerprint density at radius 2 is 2.00 bits per heavy atom. The average Bonchev–Trinajstić information content (AvgIpc) is 3.08. The highest BCUT2D eigenvalue weighted by Gasteiger charge is 2.36. The zero-order valence-electron chi connectivity index (χ0n) is 17.9. The molecule has 0 aromatic carbocycles. The van der Waals surface area contributed by atoms with E-state index in [-0.39, 0.29) is 48.6 Å². The molecular formula is C22H25F2N3O4S. The van der Waals surface area contributed by atoms with E-state index >= 15 is 0 Å². The van der Waals surface area contributed by atoms with Gasteiger partial charge in [-0.15, -0.1) is 0 Å². The molecular weight excluding hydrogens is 440 g/mol. The fourth-order valence-corrected chi connectivity index (χ4v) is 4.93. The van der Waals surface area contributed by atoms with Crippen LogP contribution in [-0.4, -0.2) is 40.6 Å². The number of aryl methyl sites for hydroxylation is 1. The van der Waals surface area contributed by atoms with Gasteiger partial charge in [-0.1, -0.05) is 6.92 Å². The number of hydrogen-bond acceptors (Lipinski definition) is 5. The molecule has 0 radical (unpaired) electrons. The van der Waals surface area contributed by atoms with Gasteiger partial charge in [0, 0.05) is 37.2 Å². The minimum absolute atomic E-state index is 0.000583. The molecule has 3 aromatic rings. The summed E-state index contributed by atoms with van der Waals surface area (Å²) in [5, 5.41) is 0. The Labute approximate surface area is 184 Å². The lowest BCUT2D eigenvalue weighted by Crippen LogP contribution is -2.31. The number of rotatable bonds is 6. The average molecular weight is 466 g/mol. The lowest BCUT2D eigenvalue weighted by Gasteiger charge is -2.28. The zero-order valence-corrected chi connectivity index (χ0v) is 18.7. The first-order valence-corrected chi connectivity index (χ1v) is 12.3. The van der Waals surface area contributed by atoms with Crippen LogP contribution in [0.2, 0.25) is 0 Å². The van der Waals surface area contributed by atoms with Gasteiger partial charge in [-0.2, -0.15) is 0 Å². The summed E-state index contributed by atoms with van der Waals surface area (Å²) in [6.07, 6.45) is 4.15. The molecule has 1 aliphatic rings. The SMILES string of the molecule is CCS(=O)(=O)Cc1cnc(OC2CCC(F)(F)CC2)c(-c2cc(C)c3c(=O)[nH]ccn23)c1. The predicted octanol–water partition coefficient (Wildman–Crippen LogP) is 3.89. The van der Waals surface area contributed by atoms with Gasteiger partial charge in [-0.05, 0) is 43.0 Å². The first-order valence-electron chi connectivity index (χ1n) is 10.5. The number of ether oxygens (including phenoxy) is 1. The normalized spacial score (nSPS) is 17.0. The maximum atomic E-state index is 13.6. The largest absolute Gasteiger partial charge is 0.474 e. The van der Waals surface area contributed by atoms with Gasteiger partial charge in [0.25, 0.3) is 5.56 Å². The Morgan fingerprint density at radius 1 is 1.28 bits per heavy atom. The number of halogens is 2. The second-order valence-electron chi connectivity index (χ2n) is 8.27. The molecule has 1 N–H and O–H groups in total. The highest BCUT2D eigenvalue weighted by molar-refractivity contribution is 7.90. The van der Waals surface area contributed by atoms with Gasteiger partial charge in [0.15, 0.2) is 9.84 Å². The number of pyridine rings is 1. The van der Waals surface area contributed by atoms with Crippen molar-refractivity contribution in [2.24, 2.45) is 0 Å². The monoisotopic (exact) mass is 465 g/mol. The van der Waals surface area contributed by atoms with Gasteiger partial charge in [-0.3, -0.25) is 4.79 Å². The van der Waals surface area contributed by atoms with Gasteiger partial charge in [0.2, 0.25) is 11.8 Å². The van der Waals surface area contributed by atoms with Crippen LogP contribution in [0.5, 0.6) is 5.88 Å². The molecule has 7 nitrogen and oxygen atoms in total. The number of H-pyrrole nitrogens is 1. The topological polar surface area (TPSA) is 93.5 Å². The maximum Gasteiger partial charge on any atom is 0.272 e. The Kier molecular flexibility index (Phi) is 5.83. The molecule has 1 aliphatic carbocycles. The van der Waals surface area contributed by atoms with Crippen molar-refractivity contribution in [3.63, 3.8) is 0 Å². The lowest BCUT2D eigenvalue weighted by molar-refractivity contribution is -0.0587. The van der Waals surface area contributed by atoms with Crippen LogP contribution in [0.15, 0.2) is 35.5 Å².